The molecule has 1 amide bonds. The Hall–Kier alpha value is -1.91. The van der Waals surface area contributed by atoms with Gasteiger partial charge in [-0.1, -0.05) is 13.8 Å². The van der Waals surface area contributed by atoms with Crippen molar-refractivity contribution in [1.29, 1.82) is 0 Å². The first-order valence-corrected chi connectivity index (χ1v) is 8.47. The Balaban J connectivity index is 1.95. The van der Waals surface area contributed by atoms with E-state index in [9.17, 15) is 4.79 Å². The molecule has 0 aliphatic heterocycles. The van der Waals surface area contributed by atoms with E-state index in [0.717, 1.165) is 47.7 Å². The number of hydrogen-bond donors (Lipinski definition) is 1. The summed E-state index contributed by atoms with van der Waals surface area (Å²) in [7, 11) is 0. The lowest BCUT2D eigenvalue weighted by Gasteiger charge is -2.11. The van der Waals surface area contributed by atoms with Crippen LogP contribution in [0.3, 0.4) is 0 Å². The van der Waals surface area contributed by atoms with Crippen LogP contribution in [0.4, 0.5) is 0 Å². The molecule has 0 spiro atoms. The maximum absolute atomic E-state index is 12.0. The minimum atomic E-state index is 0.115. The largest absolute Gasteiger partial charge is 0.356 e. The normalized spacial score (nSPS) is 11.4. The van der Waals surface area contributed by atoms with E-state index in [1.54, 1.807) is 0 Å². The number of fused-ring (bicyclic) bond motifs is 1. The lowest BCUT2D eigenvalue weighted by Crippen LogP contribution is -2.25. The van der Waals surface area contributed by atoms with Crippen LogP contribution in [0.25, 0.3) is 5.65 Å². The molecule has 2 aromatic heterocycles. The maximum atomic E-state index is 12.0. The fourth-order valence-corrected chi connectivity index (χ4v) is 2.87. The van der Waals surface area contributed by atoms with Gasteiger partial charge in [-0.05, 0) is 51.5 Å². The zero-order valence-corrected chi connectivity index (χ0v) is 14.9. The predicted octanol–water partition coefficient (Wildman–Crippen LogP) is 3.14. The zero-order valence-electron chi connectivity index (χ0n) is 14.9. The molecule has 0 atom stereocenters. The number of nitrogens with zero attached hydrogens (tertiary/aromatic N) is 3. The molecule has 2 heterocycles. The first-order chi connectivity index (χ1) is 10.9. The average Bonchev–Trinajstić information content (AvgIpc) is 2.83. The summed E-state index contributed by atoms with van der Waals surface area (Å²) in [6.07, 6.45) is 3.39. The summed E-state index contributed by atoms with van der Waals surface area (Å²) in [6.45, 7) is 11.2. The highest BCUT2D eigenvalue weighted by molar-refractivity contribution is 5.76. The van der Waals surface area contributed by atoms with E-state index in [1.165, 1.54) is 0 Å². The highest BCUT2D eigenvalue weighted by Crippen LogP contribution is 2.17. The first kappa shape index (κ1) is 17.4. The lowest BCUT2D eigenvalue weighted by molar-refractivity contribution is -0.121. The summed E-state index contributed by atoms with van der Waals surface area (Å²) in [6, 6.07) is 1.98. The van der Waals surface area contributed by atoms with Crippen LogP contribution in [0.1, 0.15) is 55.8 Å². The molecule has 23 heavy (non-hydrogen) atoms. The molecule has 0 radical (unpaired) electrons. The Morgan fingerprint density at radius 1 is 1.30 bits per heavy atom. The Bertz CT molecular complexity index is 688. The fourth-order valence-electron chi connectivity index (χ4n) is 2.87. The van der Waals surface area contributed by atoms with Crippen molar-refractivity contribution in [1.82, 2.24) is 19.9 Å². The van der Waals surface area contributed by atoms with Crippen molar-refractivity contribution in [3.63, 3.8) is 0 Å². The average molecular weight is 316 g/mol. The molecule has 2 rings (SSSR count). The molecule has 0 unspecified atom stereocenters. The monoisotopic (exact) mass is 316 g/mol. The van der Waals surface area contributed by atoms with E-state index >= 15 is 0 Å². The van der Waals surface area contributed by atoms with Gasteiger partial charge in [0.2, 0.25) is 5.91 Å². The Kier molecular flexibility index (Phi) is 5.74. The van der Waals surface area contributed by atoms with Crippen LogP contribution in [-0.4, -0.2) is 27.0 Å². The Morgan fingerprint density at radius 3 is 2.74 bits per heavy atom. The van der Waals surface area contributed by atoms with Crippen LogP contribution >= 0.6 is 0 Å². The van der Waals surface area contributed by atoms with Crippen molar-refractivity contribution < 1.29 is 4.79 Å². The first-order valence-electron chi connectivity index (χ1n) is 8.47. The molecular formula is C18H28N4O. The van der Waals surface area contributed by atoms with E-state index in [-0.39, 0.29) is 5.91 Å². The quantitative estimate of drug-likeness (QED) is 0.798. The summed E-state index contributed by atoms with van der Waals surface area (Å²) in [5, 5.41) is 7.48. The highest BCUT2D eigenvalue weighted by Gasteiger charge is 2.12. The lowest BCUT2D eigenvalue weighted by atomic mass is 10.1. The van der Waals surface area contributed by atoms with Gasteiger partial charge in [-0.2, -0.15) is 5.10 Å². The van der Waals surface area contributed by atoms with Crippen LogP contribution in [0.2, 0.25) is 0 Å². The molecule has 5 nitrogen and oxygen atoms in total. The van der Waals surface area contributed by atoms with Crippen LogP contribution in [-0.2, 0) is 11.2 Å². The van der Waals surface area contributed by atoms with Crippen molar-refractivity contribution in [3.8, 4) is 0 Å². The number of nitrogens with one attached hydrogen (secondary N) is 1. The topological polar surface area (TPSA) is 59.3 Å². The van der Waals surface area contributed by atoms with E-state index in [2.05, 4.69) is 29.2 Å². The molecule has 0 fully saturated rings. The van der Waals surface area contributed by atoms with Gasteiger partial charge in [-0.25, -0.2) is 9.50 Å². The molecule has 0 aliphatic carbocycles. The van der Waals surface area contributed by atoms with Crippen LogP contribution in [0, 0.1) is 26.7 Å². The summed E-state index contributed by atoms with van der Waals surface area (Å²) in [4.78, 5) is 16.6. The van der Waals surface area contributed by atoms with Crippen LogP contribution < -0.4 is 5.32 Å². The smallest absolute Gasteiger partial charge is 0.220 e. The number of carbonyl (C=O) groups excluding carboxylic acids is 1. The van der Waals surface area contributed by atoms with Crippen molar-refractivity contribution in [2.24, 2.45) is 5.92 Å². The minimum absolute atomic E-state index is 0.115. The van der Waals surface area contributed by atoms with Crippen molar-refractivity contribution in [2.75, 3.05) is 6.54 Å². The maximum Gasteiger partial charge on any atom is 0.220 e. The highest BCUT2D eigenvalue weighted by atomic mass is 16.1. The summed E-state index contributed by atoms with van der Waals surface area (Å²) < 4.78 is 1.87. The SMILES string of the molecule is Cc1cc2nc(C)c(CCC(=O)NCCCC(C)C)c(C)n2n1. The number of aryl methyl sites for hydroxylation is 3. The number of carbonyl (C=O) groups is 1. The zero-order chi connectivity index (χ0) is 17.0. The molecule has 0 aliphatic rings. The van der Waals surface area contributed by atoms with E-state index < -0.39 is 0 Å². The van der Waals surface area contributed by atoms with Gasteiger partial charge in [0.25, 0.3) is 0 Å². The van der Waals surface area contributed by atoms with Crippen LogP contribution in [0.15, 0.2) is 6.07 Å². The van der Waals surface area contributed by atoms with Crippen LogP contribution in [0.5, 0.6) is 0 Å². The molecule has 0 saturated carbocycles. The number of amides is 1. The van der Waals surface area contributed by atoms with Gasteiger partial charge < -0.3 is 5.32 Å². The summed E-state index contributed by atoms with van der Waals surface area (Å²) in [5.74, 6) is 0.803. The Labute approximate surface area is 138 Å². The third-order valence-corrected chi connectivity index (χ3v) is 4.17. The van der Waals surface area contributed by atoms with Gasteiger partial charge in [-0.3, -0.25) is 4.79 Å². The molecule has 1 N–H and O–H groups in total. The summed E-state index contributed by atoms with van der Waals surface area (Å²) >= 11 is 0. The third kappa shape index (κ3) is 4.53. The van der Waals surface area contributed by atoms with Gasteiger partial charge in [0.05, 0.1) is 5.69 Å². The second kappa shape index (κ2) is 7.57. The van der Waals surface area contributed by atoms with Crippen molar-refractivity contribution in [2.45, 2.75) is 60.3 Å². The van der Waals surface area contributed by atoms with Gasteiger partial charge in [-0.15, -0.1) is 0 Å². The third-order valence-electron chi connectivity index (χ3n) is 4.17. The van der Waals surface area contributed by atoms with Gasteiger partial charge in [0.15, 0.2) is 5.65 Å². The predicted molar refractivity (Wildman–Crippen MR) is 92.6 cm³/mol. The van der Waals surface area contributed by atoms with Crippen molar-refractivity contribution >= 4 is 11.6 Å². The van der Waals surface area contributed by atoms with Gasteiger partial charge >= 0.3 is 0 Å². The molecular weight excluding hydrogens is 288 g/mol. The molecule has 2 aromatic rings. The van der Waals surface area contributed by atoms with Gasteiger partial charge in [0, 0.05) is 30.4 Å². The summed E-state index contributed by atoms with van der Waals surface area (Å²) in [5.41, 5.74) is 5.02. The number of aromatic nitrogens is 3. The second-order valence-corrected chi connectivity index (χ2v) is 6.70. The second-order valence-electron chi connectivity index (χ2n) is 6.70. The molecule has 126 valence electrons. The molecule has 0 saturated heterocycles. The Morgan fingerprint density at radius 2 is 2.04 bits per heavy atom. The van der Waals surface area contributed by atoms with E-state index in [1.807, 2.05) is 31.4 Å². The molecule has 0 bridgehead atoms. The number of rotatable bonds is 7. The molecule has 5 heteroatoms. The number of hydrogen-bond acceptors (Lipinski definition) is 3. The fraction of sp³-hybridized carbons (Fsp3) is 0.611. The standard InChI is InChI=1S/C18H28N4O/c1-12(2)7-6-10-19-18(23)9-8-16-14(4)20-17-11-13(3)21-22(17)15(16)5/h11-12H,6-10H2,1-5H3,(H,19,23). The molecule has 0 aromatic carbocycles. The van der Waals surface area contributed by atoms with Crippen molar-refractivity contribution in [3.05, 3.63) is 28.7 Å². The van der Waals surface area contributed by atoms with E-state index in [4.69, 9.17) is 0 Å². The van der Waals surface area contributed by atoms with E-state index in [0.29, 0.717) is 18.8 Å². The van der Waals surface area contributed by atoms with Gasteiger partial charge in [0.1, 0.15) is 0 Å². The minimum Gasteiger partial charge on any atom is -0.356 e.